The lowest BCUT2D eigenvalue weighted by Crippen LogP contribution is -1.99. The van der Waals surface area contributed by atoms with Gasteiger partial charge in [-0.1, -0.05) is 121 Å². The van der Waals surface area contributed by atoms with E-state index in [1.807, 2.05) is 91.0 Å². The number of para-hydroxylation sites is 2. The molecule has 5 heteroatoms. The van der Waals surface area contributed by atoms with Crippen LogP contribution in [0.4, 0.5) is 11.4 Å². The topological polar surface area (TPSA) is 61.2 Å². The number of hydrogen-bond acceptors (Lipinski definition) is 2. The van der Waals surface area contributed by atoms with Gasteiger partial charge in [-0.05, 0) is 85.3 Å². The number of fused-ring (bicyclic) bond motifs is 5. The zero-order chi connectivity index (χ0) is 36.1. The Labute approximate surface area is 305 Å². The van der Waals surface area contributed by atoms with Crippen molar-refractivity contribution in [3.05, 3.63) is 186 Å². The maximum Gasteiger partial charge on any atom is 0.196 e. The largest absolute Gasteiger partial charge is 0.308 e. The van der Waals surface area contributed by atoms with E-state index < -0.39 is 0 Å². The fourth-order valence-electron chi connectivity index (χ4n) is 7.87. The number of benzene rings is 8. The van der Waals surface area contributed by atoms with Crippen LogP contribution in [-0.2, 0) is 0 Å². The van der Waals surface area contributed by atoms with Gasteiger partial charge in [0.1, 0.15) is 0 Å². The van der Waals surface area contributed by atoms with Gasteiger partial charge in [-0.2, -0.15) is 10.5 Å². The van der Waals surface area contributed by atoms with E-state index in [0.717, 1.165) is 60.0 Å². The molecule has 0 atom stereocenters. The highest BCUT2D eigenvalue weighted by Crippen LogP contribution is 2.49. The molecule has 0 aliphatic carbocycles. The number of rotatable bonds is 4. The van der Waals surface area contributed by atoms with Gasteiger partial charge < -0.3 is 4.57 Å². The fourth-order valence-corrected chi connectivity index (χ4v) is 7.87. The number of aromatic nitrogens is 1. The molecule has 0 bridgehead atoms. The summed E-state index contributed by atoms with van der Waals surface area (Å²) in [6.07, 6.45) is 0. The lowest BCUT2D eigenvalue weighted by molar-refractivity contribution is 1.17. The molecule has 0 radical (unpaired) electrons. The van der Waals surface area contributed by atoms with Crippen LogP contribution in [0.5, 0.6) is 0 Å². The predicted molar refractivity (Wildman–Crippen MR) is 214 cm³/mol. The first kappa shape index (κ1) is 31.1. The highest BCUT2D eigenvalue weighted by molar-refractivity contribution is 6.22. The lowest BCUT2D eigenvalue weighted by atomic mass is 9.84. The Balaban J connectivity index is 1.39. The first-order valence-electron chi connectivity index (χ1n) is 17.0. The predicted octanol–water partition coefficient (Wildman–Crippen LogP) is 12.9. The Morgan fingerprint density at radius 1 is 0.434 bits per heavy atom. The van der Waals surface area contributed by atoms with Crippen molar-refractivity contribution in [3.63, 3.8) is 0 Å². The molecular formula is C48H25N5. The summed E-state index contributed by atoms with van der Waals surface area (Å²) in [5.74, 6) is 0. The first-order valence-corrected chi connectivity index (χ1v) is 17.0. The summed E-state index contributed by atoms with van der Waals surface area (Å²) in [6, 6.07) is 54.6. The van der Waals surface area contributed by atoms with Crippen LogP contribution >= 0.6 is 0 Å². The maximum atomic E-state index is 10.6. The third-order valence-electron chi connectivity index (χ3n) is 10.1. The van der Waals surface area contributed by atoms with E-state index in [1.165, 1.54) is 0 Å². The molecule has 53 heavy (non-hydrogen) atoms. The maximum absolute atomic E-state index is 10.6. The van der Waals surface area contributed by atoms with Crippen molar-refractivity contribution in [1.29, 1.82) is 10.5 Å². The average molecular weight is 672 g/mol. The number of nitrogens with zero attached hydrogens (tertiary/aromatic N) is 5. The first-order chi connectivity index (χ1) is 26.1. The Morgan fingerprint density at radius 3 is 1.42 bits per heavy atom. The second-order valence-corrected chi connectivity index (χ2v) is 12.8. The van der Waals surface area contributed by atoms with Crippen molar-refractivity contribution < 1.29 is 0 Å². The van der Waals surface area contributed by atoms with E-state index in [0.29, 0.717) is 33.6 Å². The molecule has 0 saturated heterocycles. The second kappa shape index (κ2) is 12.4. The molecule has 9 aromatic rings. The average Bonchev–Trinajstić information content (AvgIpc) is 3.56. The molecule has 0 N–H and O–H groups in total. The molecule has 8 aromatic carbocycles. The zero-order valence-electron chi connectivity index (χ0n) is 28.2. The van der Waals surface area contributed by atoms with E-state index >= 15 is 0 Å². The lowest BCUT2D eigenvalue weighted by Gasteiger charge is -2.20. The van der Waals surface area contributed by atoms with Crippen molar-refractivity contribution >= 4 is 54.7 Å². The van der Waals surface area contributed by atoms with Crippen molar-refractivity contribution in [2.24, 2.45) is 0 Å². The van der Waals surface area contributed by atoms with E-state index in [-0.39, 0.29) is 11.3 Å². The summed E-state index contributed by atoms with van der Waals surface area (Å²) in [4.78, 5) is 7.86. The summed E-state index contributed by atoms with van der Waals surface area (Å²) in [5.41, 5.74) is 8.45. The van der Waals surface area contributed by atoms with Gasteiger partial charge in [-0.15, -0.1) is 0 Å². The van der Waals surface area contributed by atoms with Crippen LogP contribution in [0.1, 0.15) is 11.1 Å². The molecule has 0 saturated carbocycles. The summed E-state index contributed by atoms with van der Waals surface area (Å²) in [5, 5.41) is 27.2. The Morgan fingerprint density at radius 2 is 0.887 bits per heavy atom. The highest BCUT2D eigenvalue weighted by Gasteiger charge is 2.23. The van der Waals surface area contributed by atoms with Crippen LogP contribution in [0.3, 0.4) is 0 Å². The van der Waals surface area contributed by atoms with Gasteiger partial charge in [0.25, 0.3) is 0 Å². The summed E-state index contributed by atoms with van der Waals surface area (Å²) >= 11 is 0. The van der Waals surface area contributed by atoms with Gasteiger partial charge in [-0.3, -0.25) is 0 Å². The Hall–Kier alpha value is -7.96. The van der Waals surface area contributed by atoms with Crippen LogP contribution in [-0.4, -0.2) is 4.57 Å². The summed E-state index contributed by atoms with van der Waals surface area (Å²) in [6.45, 7) is 16.6. The molecule has 242 valence electrons. The van der Waals surface area contributed by atoms with E-state index in [1.54, 1.807) is 12.1 Å². The van der Waals surface area contributed by atoms with Crippen LogP contribution < -0.4 is 0 Å². The van der Waals surface area contributed by atoms with Gasteiger partial charge in [-0.25, -0.2) is 9.69 Å². The van der Waals surface area contributed by atoms with Gasteiger partial charge in [0, 0.05) is 16.3 Å². The van der Waals surface area contributed by atoms with Gasteiger partial charge in [0.15, 0.2) is 11.4 Å². The third-order valence-corrected chi connectivity index (χ3v) is 10.1. The van der Waals surface area contributed by atoms with Crippen LogP contribution in [0.15, 0.2) is 152 Å². The molecule has 1 heterocycles. The Bertz CT molecular complexity index is 3050. The summed E-state index contributed by atoms with van der Waals surface area (Å²) < 4.78 is 2.06. The van der Waals surface area contributed by atoms with Crippen molar-refractivity contribution in [2.75, 3.05) is 0 Å². The van der Waals surface area contributed by atoms with Gasteiger partial charge in [0.2, 0.25) is 0 Å². The van der Waals surface area contributed by atoms with Crippen LogP contribution in [0.25, 0.3) is 92.1 Å². The molecule has 0 amide bonds. The molecule has 0 aliphatic heterocycles. The minimum Gasteiger partial charge on any atom is -0.308 e. The van der Waals surface area contributed by atoms with E-state index in [2.05, 4.69) is 74.9 Å². The highest BCUT2D eigenvalue weighted by atomic mass is 15.0. The minimum atomic E-state index is 0.248. The Kier molecular flexibility index (Phi) is 7.28. The van der Waals surface area contributed by atoms with Crippen molar-refractivity contribution in [2.45, 2.75) is 0 Å². The normalized spacial score (nSPS) is 10.9. The molecule has 0 fully saturated rings. The second-order valence-electron chi connectivity index (χ2n) is 12.8. The zero-order valence-corrected chi connectivity index (χ0v) is 28.2. The number of nitriles is 2. The minimum absolute atomic E-state index is 0.248. The number of hydrogen-bond donors (Lipinski definition) is 0. The van der Waals surface area contributed by atoms with Crippen LogP contribution in [0.2, 0.25) is 0 Å². The molecule has 9 rings (SSSR count). The van der Waals surface area contributed by atoms with Crippen LogP contribution in [0, 0.1) is 35.8 Å². The SMILES string of the molecule is [C-]#[N+]c1cc(C#N)c(-n2c3ccccc3c3ccccc32)cc1-c1cc(-c2c3ccccc3c(-c3ccccc3)c3ccccc23)c([N+]#[C-])cc1C#N. The van der Waals surface area contributed by atoms with Gasteiger partial charge >= 0.3 is 0 Å². The quantitative estimate of drug-likeness (QED) is 0.138. The fraction of sp³-hybridized carbons (Fsp3) is 0. The third kappa shape index (κ3) is 4.75. The standard InChI is InChI=1S/C48H25N5/c1-51-42-25-32(29-50)46(53-44-22-12-10-16-33(44)34-17-11-13-23-45(34)53)27-40(42)39-26-41(43(52-2)24-31(39)28-49)48-37-20-8-6-18-35(37)47(30-14-4-3-5-15-30)36-19-7-9-21-38(36)48/h3-27H. The molecule has 5 nitrogen and oxygen atoms in total. The molecule has 0 unspecified atom stereocenters. The summed E-state index contributed by atoms with van der Waals surface area (Å²) in [7, 11) is 0. The molecular weight excluding hydrogens is 647 g/mol. The van der Waals surface area contributed by atoms with E-state index in [9.17, 15) is 10.5 Å². The van der Waals surface area contributed by atoms with Crippen molar-refractivity contribution in [1.82, 2.24) is 4.57 Å². The van der Waals surface area contributed by atoms with E-state index in [4.69, 9.17) is 13.1 Å². The molecule has 0 spiro atoms. The molecule has 1 aromatic heterocycles. The monoisotopic (exact) mass is 671 g/mol. The van der Waals surface area contributed by atoms with Gasteiger partial charge in [0.05, 0.1) is 47.6 Å². The molecule has 0 aliphatic rings. The van der Waals surface area contributed by atoms with Crippen molar-refractivity contribution in [3.8, 4) is 51.2 Å². The smallest absolute Gasteiger partial charge is 0.196 e.